The van der Waals surface area contributed by atoms with E-state index in [9.17, 15) is 18.0 Å². The molecule has 150 valence electrons. The maximum atomic E-state index is 13.0. The standard InChI is InChI=1S/C20H20ClF3N2O2/c1-26-19(21)16(18(25-26)20(22,23)24)11-12-17(27)28-15-9-7-14(8-10-15)13-5-3-2-4-6-13/h7-13H,2-6H2,1H3. The number of esters is 1. The van der Waals surface area contributed by atoms with Gasteiger partial charge in [0.1, 0.15) is 10.9 Å². The van der Waals surface area contributed by atoms with E-state index in [4.69, 9.17) is 16.3 Å². The minimum atomic E-state index is -4.68. The Morgan fingerprint density at radius 3 is 2.46 bits per heavy atom. The molecule has 1 aromatic carbocycles. The molecule has 0 aliphatic heterocycles. The van der Waals surface area contributed by atoms with Crippen LogP contribution in [0.5, 0.6) is 5.75 Å². The summed E-state index contributed by atoms with van der Waals surface area (Å²) in [6.45, 7) is 0. The van der Waals surface area contributed by atoms with Crippen molar-refractivity contribution in [3.63, 3.8) is 0 Å². The van der Waals surface area contributed by atoms with E-state index < -0.39 is 17.8 Å². The van der Waals surface area contributed by atoms with Gasteiger partial charge in [-0.1, -0.05) is 43.0 Å². The lowest BCUT2D eigenvalue weighted by molar-refractivity contribution is -0.141. The van der Waals surface area contributed by atoms with Crippen molar-refractivity contribution < 1.29 is 22.7 Å². The van der Waals surface area contributed by atoms with Gasteiger partial charge in [-0.2, -0.15) is 18.3 Å². The van der Waals surface area contributed by atoms with E-state index in [2.05, 4.69) is 5.10 Å². The zero-order valence-electron chi connectivity index (χ0n) is 15.3. The molecule has 1 aliphatic rings. The molecule has 28 heavy (non-hydrogen) atoms. The lowest BCUT2D eigenvalue weighted by Crippen LogP contribution is -2.09. The Balaban J connectivity index is 1.67. The maximum absolute atomic E-state index is 13.0. The molecule has 0 bridgehead atoms. The summed E-state index contributed by atoms with van der Waals surface area (Å²) in [5, 5.41) is 3.14. The minimum Gasteiger partial charge on any atom is -0.423 e. The van der Waals surface area contributed by atoms with Gasteiger partial charge in [0.2, 0.25) is 0 Å². The van der Waals surface area contributed by atoms with Crippen LogP contribution >= 0.6 is 11.6 Å². The second kappa shape index (κ2) is 8.39. The van der Waals surface area contributed by atoms with Crippen LogP contribution in [0.15, 0.2) is 30.3 Å². The van der Waals surface area contributed by atoms with Crippen molar-refractivity contribution in [2.75, 3.05) is 0 Å². The second-order valence-corrected chi connectivity index (χ2v) is 7.19. The van der Waals surface area contributed by atoms with Crippen LogP contribution in [0.3, 0.4) is 0 Å². The van der Waals surface area contributed by atoms with E-state index in [-0.39, 0.29) is 10.7 Å². The van der Waals surface area contributed by atoms with E-state index in [1.54, 1.807) is 12.1 Å². The van der Waals surface area contributed by atoms with Gasteiger partial charge in [0.15, 0.2) is 5.69 Å². The summed E-state index contributed by atoms with van der Waals surface area (Å²) in [7, 11) is 1.29. The number of carbonyl (C=O) groups is 1. The summed E-state index contributed by atoms with van der Waals surface area (Å²) < 4.78 is 45.1. The number of carbonyl (C=O) groups excluding carboxylic acids is 1. The van der Waals surface area contributed by atoms with Gasteiger partial charge in [-0.15, -0.1) is 0 Å². The average Bonchev–Trinajstić information content (AvgIpc) is 2.96. The average molecular weight is 413 g/mol. The van der Waals surface area contributed by atoms with Gasteiger partial charge in [-0.25, -0.2) is 4.79 Å². The maximum Gasteiger partial charge on any atom is 0.435 e. The zero-order chi connectivity index (χ0) is 20.3. The minimum absolute atomic E-state index is 0.215. The molecule has 0 saturated heterocycles. The number of alkyl halides is 3. The SMILES string of the molecule is Cn1nc(C(F)(F)F)c(C=CC(=O)Oc2ccc(C3CCCCC3)cc2)c1Cl. The third-order valence-electron chi connectivity index (χ3n) is 4.84. The van der Waals surface area contributed by atoms with Crippen molar-refractivity contribution in [1.29, 1.82) is 0 Å². The van der Waals surface area contributed by atoms with Gasteiger partial charge in [0.05, 0.1) is 0 Å². The largest absolute Gasteiger partial charge is 0.435 e. The lowest BCUT2D eigenvalue weighted by atomic mass is 9.84. The summed E-state index contributed by atoms with van der Waals surface area (Å²) in [4.78, 5) is 12.0. The number of benzene rings is 1. The molecule has 2 aromatic rings. The first-order chi connectivity index (χ1) is 13.3. The molecule has 8 heteroatoms. The van der Waals surface area contributed by atoms with Crippen molar-refractivity contribution in [1.82, 2.24) is 9.78 Å². The fraction of sp³-hybridized carbons (Fsp3) is 0.400. The quantitative estimate of drug-likeness (QED) is 0.364. The molecule has 0 radical (unpaired) electrons. The van der Waals surface area contributed by atoms with E-state index in [0.29, 0.717) is 11.7 Å². The molecule has 0 spiro atoms. The van der Waals surface area contributed by atoms with Crippen LogP contribution in [-0.4, -0.2) is 15.7 Å². The molecule has 1 aliphatic carbocycles. The van der Waals surface area contributed by atoms with Gasteiger partial charge in [-0.05, 0) is 42.5 Å². The monoisotopic (exact) mass is 412 g/mol. The van der Waals surface area contributed by atoms with Gasteiger partial charge >= 0.3 is 12.1 Å². The van der Waals surface area contributed by atoms with Crippen LogP contribution in [0, 0.1) is 0 Å². The van der Waals surface area contributed by atoms with Gasteiger partial charge < -0.3 is 4.74 Å². The van der Waals surface area contributed by atoms with Crippen LogP contribution in [0.4, 0.5) is 13.2 Å². The highest BCUT2D eigenvalue weighted by molar-refractivity contribution is 6.31. The Kier molecular flexibility index (Phi) is 6.13. The molecule has 1 heterocycles. The summed E-state index contributed by atoms with van der Waals surface area (Å²) in [5.41, 5.74) is -0.311. The summed E-state index contributed by atoms with van der Waals surface area (Å²) in [6.07, 6.45) is 3.25. The number of ether oxygens (including phenoxy) is 1. The third kappa shape index (κ3) is 4.76. The Bertz CT molecular complexity index is 867. The predicted molar refractivity (Wildman–Crippen MR) is 100 cm³/mol. The molecule has 3 rings (SSSR count). The number of rotatable bonds is 4. The van der Waals surface area contributed by atoms with Crippen molar-refractivity contribution in [3.05, 3.63) is 52.3 Å². The highest BCUT2D eigenvalue weighted by Crippen LogP contribution is 2.35. The van der Waals surface area contributed by atoms with Crippen LogP contribution in [0.25, 0.3) is 6.08 Å². The van der Waals surface area contributed by atoms with Crippen LogP contribution < -0.4 is 4.74 Å². The Morgan fingerprint density at radius 1 is 1.21 bits per heavy atom. The number of aromatic nitrogens is 2. The number of aryl methyl sites for hydroxylation is 1. The third-order valence-corrected chi connectivity index (χ3v) is 5.29. The van der Waals surface area contributed by atoms with Gasteiger partial charge in [0.25, 0.3) is 0 Å². The fourth-order valence-electron chi connectivity index (χ4n) is 3.42. The zero-order valence-corrected chi connectivity index (χ0v) is 16.1. The summed E-state index contributed by atoms with van der Waals surface area (Å²) >= 11 is 5.85. The highest BCUT2D eigenvalue weighted by Gasteiger charge is 2.38. The van der Waals surface area contributed by atoms with E-state index in [1.807, 2.05) is 12.1 Å². The van der Waals surface area contributed by atoms with Crippen molar-refractivity contribution in [2.45, 2.75) is 44.2 Å². The normalized spacial score (nSPS) is 15.9. The van der Waals surface area contributed by atoms with Crippen molar-refractivity contribution in [2.24, 2.45) is 7.05 Å². The van der Waals surface area contributed by atoms with E-state index in [1.165, 1.54) is 31.9 Å². The number of halogens is 4. The van der Waals surface area contributed by atoms with Crippen molar-refractivity contribution in [3.8, 4) is 5.75 Å². The van der Waals surface area contributed by atoms with E-state index in [0.717, 1.165) is 29.7 Å². The Labute approximate surface area is 165 Å². The van der Waals surface area contributed by atoms with Crippen LogP contribution in [0.1, 0.15) is 54.8 Å². The highest BCUT2D eigenvalue weighted by atomic mass is 35.5. The fourth-order valence-corrected chi connectivity index (χ4v) is 3.61. The van der Waals surface area contributed by atoms with Gasteiger partial charge in [0, 0.05) is 18.7 Å². The molecule has 1 fully saturated rings. The molecule has 0 amide bonds. The number of hydrogen-bond donors (Lipinski definition) is 0. The molecule has 1 saturated carbocycles. The summed E-state index contributed by atoms with van der Waals surface area (Å²) in [5.74, 6) is 0.0768. The first-order valence-electron chi connectivity index (χ1n) is 9.05. The number of hydrogen-bond acceptors (Lipinski definition) is 3. The molecule has 0 N–H and O–H groups in total. The Hall–Kier alpha value is -2.28. The van der Waals surface area contributed by atoms with Crippen LogP contribution in [0.2, 0.25) is 5.15 Å². The summed E-state index contributed by atoms with van der Waals surface area (Å²) in [6, 6.07) is 7.27. The molecule has 0 unspecified atom stereocenters. The van der Waals surface area contributed by atoms with E-state index >= 15 is 0 Å². The topological polar surface area (TPSA) is 44.1 Å². The predicted octanol–water partition coefficient (Wildman–Crippen LogP) is 5.76. The molecule has 0 atom stereocenters. The van der Waals surface area contributed by atoms with Crippen LogP contribution in [-0.2, 0) is 18.0 Å². The molecule has 4 nitrogen and oxygen atoms in total. The lowest BCUT2D eigenvalue weighted by Gasteiger charge is -2.21. The first kappa shape index (κ1) is 20.5. The smallest absolute Gasteiger partial charge is 0.423 e. The molecular formula is C20H20ClF3N2O2. The number of nitrogens with zero attached hydrogens (tertiary/aromatic N) is 2. The molecular weight excluding hydrogens is 393 g/mol. The second-order valence-electron chi connectivity index (χ2n) is 6.83. The Morgan fingerprint density at radius 2 is 1.86 bits per heavy atom. The van der Waals surface area contributed by atoms with Crippen molar-refractivity contribution >= 4 is 23.6 Å². The van der Waals surface area contributed by atoms with Gasteiger partial charge in [-0.3, -0.25) is 4.68 Å². The molecule has 1 aromatic heterocycles. The first-order valence-corrected chi connectivity index (χ1v) is 9.43.